The molecule has 0 spiro atoms. The Morgan fingerprint density at radius 3 is 3.12 bits per heavy atom. The lowest BCUT2D eigenvalue weighted by Crippen LogP contribution is -2.31. The zero-order chi connectivity index (χ0) is 12.1. The van der Waals surface area contributed by atoms with E-state index in [1.165, 1.54) is 7.11 Å². The van der Waals surface area contributed by atoms with Crippen LogP contribution in [0.4, 0.5) is 4.79 Å². The first-order valence-electron chi connectivity index (χ1n) is 5.15. The smallest absolute Gasteiger partial charge is 0.406 e. The van der Waals surface area contributed by atoms with Crippen LogP contribution in [0.5, 0.6) is 0 Å². The minimum absolute atomic E-state index is 0.181. The number of rotatable bonds is 4. The summed E-state index contributed by atoms with van der Waals surface area (Å²) >= 11 is 0. The third-order valence-corrected chi connectivity index (χ3v) is 2.34. The maximum absolute atomic E-state index is 11.1. The molecule has 0 fully saturated rings. The van der Waals surface area contributed by atoms with E-state index in [2.05, 4.69) is 15.2 Å². The van der Waals surface area contributed by atoms with Crippen LogP contribution >= 0.6 is 0 Å². The Kier molecular flexibility index (Phi) is 3.44. The number of hydrogen-bond acceptors (Lipinski definition) is 4. The lowest BCUT2D eigenvalue weighted by atomic mass is 10.2. The Hall–Kier alpha value is -2.24. The molecule has 2 rings (SSSR count). The standard InChI is InChI=1S/C11H13N3O3/c1-16-11(15)12-8-9(10-4-2-7-17-10)14-6-3-5-13-14/h2-7,9H,8H2,1H3,(H,12,15). The van der Waals surface area contributed by atoms with Gasteiger partial charge in [0, 0.05) is 12.4 Å². The predicted octanol–water partition coefficient (Wildman–Crippen LogP) is 1.42. The van der Waals surface area contributed by atoms with Crippen molar-refractivity contribution < 1.29 is 13.9 Å². The molecule has 17 heavy (non-hydrogen) atoms. The fraction of sp³-hybridized carbons (Fsp3) is 0.273. The molecule has 2 aromatic heterocycles. The Morgan fingerprint density at radius 2 is 2.53 bits per heavy atom. The van der Waals surface area contributed by atoms with Crippen molar-refractivity contribution in [3.8, 4) is 0 Å². The number of aromatic nitrogens is 2. The first-order chi connectivity index (χ1) is 8.31. The molecule has 6 heteroatoms. The van der Waals surface area contributed by atoms with Gasteiger partial charge in [-0.05, 0) is 18.2 Å². The molecule has 1 amide bonds. The molecule has 0 aliphatic rings. The SMILES string of the molecule is COC(=O)NCC(c1ccco1)n1cccn1. The summed E-state index contributed by atoms with van der Waals surface area (Å²) < 4.78 is 11.6. The van der Waals surface area contributed by atoms with E-state index < -0.39 is 6.09 Å². The van der Waals surface area contributed by atoms with Gasteiger partial charge in [0.1, 0.15) is 11.8 Å². The summed E-state index contributed by atoms with van der Waals surface area (Å²) in [5, 5.41) is 6.77. The van der Waals surface area contributed by atoms with Gasteiger partial charge < -0.3 is 14.5 Å². The van der Waals surface area contributed by atoms with Crippen molar-refractivity contribution in [3.63, 3.8) is 0 Å². The highest BCUT2D eigenvalue weighted by atomic mass is 16.5. The quantitative estimate of drug-likeness (QED) is 0.870. The summed E-state index contributed by atoms with van der Waals surface area (Å²) in [5.41, 5.74) is 0. The fourth-order valence-electron chi connectivity index (χ4n) is 1.52. The summed E-state index contributed by atoms with van der Waals surface area (Å²) in [7, 11) is 1.32. The first-order valence-corrected chi connectivity index (χ1v) is 5.15. The zero-order valence-electron chi connectivity index (χ0n) is 9.37. The maximum Gasteiger partial charge on any atom is 0.406 e. The van der Waals surface area contributed by atoms with Gasteiger partial charge in [-0.1, -0.05) is 0 Å². The minimum Gasteiger partial charge on any atom is -0.467 e. The van der Waals surface area contributed by atoms with Crippen LogP contribution in [0.3, 0.4) is 0 Å². The number of hydrogen-bond donors (Lipinski definition) is 1. The second-order valence-corrected chi connectivity index (χ2v) is 3.39. The zero-order valence-corrected chi connectivity index (χ0v) is 9.37. The van der Waals surface area contributed by atoms with Crippen LogP contribution < -0.4 is 5.32 Å². The third-order valence-electron chi connectivity index (χ3n) is 2.34. The van der Waals surface area contributed by atoms with E-state index in [4.69, 9.17) is 4.42 Å². The molecule has 0 aliphatic heterocycles. The second-order valence-electron chi connectivity index (χ2n) is 3.39. The number of methoxy groups -OCH3 is 1. The number of nitrogens with one attached hydrogen (secondary N) is 1. The van der Waals surface area contributed by atoms with Crippen LogP contribution in [0.15, 0.2) is 41.3 Å². The number of ether oxygens (including phenoxy) is 1. The van der Waals surface area contributed by atoms with E-state index in [0.717, 1.165) is 5.76 Å². The van der Waals surface area contributed by atoms with Gasteiger partial charge in [0.25, 0.3) is 0 Å². The number of furan rings is 1. The molecular weight excluding hydrogens is 222 g/mol. The van der Waals surface area contributed by atoms with Gasteiger partial charge in [-0.15, -0.1) is 0 Å². The van der Waals surface area contributed by atoms with Crippen molar-refractivity contribution in [2.45, 2.75) is 6.04 Å². The molecule has 1 N–H and O–H groups in total. The van der Waals surface area contributed by atoms with Crippen molar-refractivity contribution >= 4 is 6.09 Å². The van der Waals surface area contributed by atoms with E-state index in [1.54, 1.807) is 23.2 Å². The number of carbonyl (C=O) groups is 1. The lowest BCUT2D eigenvalue weighted by Gasteiger charge is -2.15. The molecule has 0 radical (unpaired) electrons. The van der Waals surface area contributed by atoms with Crippen molar-refractivity contribution in [3.05, 3.63) is 42.6 Å². The van der Waals surface area contributed by atoms with Crippen LogP contribution in [-0.2, 0) is 4.74 Å². The van der Waals surface area contributed by atoms with Crippen molar-refractivity contribution in [2.75, 3.05) is 13.7 Å². The molecule has 0 saturated heterocycles. The Morgan fingerprint density at radius 1 is 1.65 bits per heavy atom. The number of carbonyl (C=O) groups excluding carboxylic acids is 1. The van der Waals surface area contributed by atoms with Gasteiger partial charge in [0.05, 0.1) is 19.9 Å². The third kappa shape index (κ3) is 2.66. The van der Waals surface area contributed by atoms with Gasteiger partial charge >= 0.3 is 6.09 Å². The van der Waals surface area contributed by atoms with E-state index in [9.17, 15) is 4.79 Å². The second kappa shape index (κ2) is 5.20. The molecule has 0 aromatic carbocycles. The number of amides is 1. The van der Waals surface area contributed by atoms with Crippen molar-refractivity contribution in [1.29, 1.82) is 0 Å². The highest BCUT2D eigenvalue weighted by Gasteiger charge is 2.17. The average Bonchev–Trinajstić information content (AvgIpc) is 3.01. The summed E-state index contributed by atoms with van der Waals surface area (Å²) in [6.07, 6.45) is 4.60. The molecule has 1 unspecified atom stereocenters. The van der Waals surface area contributed by atoms with Crippen molar-refractivity contribution in [1.82, 2.24) is 15.1 Å². The highest BCUT2D eigenvalue weighted by Crippen LogP contribution is 2.16. The van der Waals surface area contributed by atoms with E-state index in [1.807, 2.05) is 18.3 Å². The molecule has 0 bridgehead atoms. The van der Waals surface area contributed by atoms with Crippen LogP contribution in [-0.4, -0.2) is 29.5 Å². The van der Waals surface area contributed by atoms with E-state index in [-0.39, 0.29) is 6.04 Å². The van der Waals surface area contributed by atoms with E-state index >= 15 is 0 Å². The molecular formula is C11H13N3O3. The predicted molar refractivity (Wildman–Crippen MR) is 59.5 cm³/mol. The largest absolute Gasteiger partial charge is 0.467 e. The van der Waals surface area contributed by atoms with Crippen LogP contribution in [0, 0.1) is 0 Å². The van der Waals surface area contributed by atoms with Crippen LogP contribution in [0.2, 0.25) is 0 Å². The van der Waals surface area contributed by atoms with Crippen LogP contribution in [0.1, 0.15) is 11.8 Å². The Labute approximate surface area is 98.2 Å². The van der Waals surface area contributed by atoms with Gasteiger partial charge in [-0.25, -0.2) is 4.79 Å². The molecule has 2 aromatic rings. The first kappa shape index (κ1) is 11.3. The topological polar surface area (TPSA) is 69.3 Å². The molecule has 90 valence electrons. The molecule has 2 heterocycles. The van der Waals surface area contributed by atoms with Crippen LogP contribution in [0.25, 0.3) is 0 Å². The number of nitrogens with zero attached hydrogens (tertiary/aromatic N) is 2. The summed E-state index contributed by atoms with van der Waals surface area (Å²) in [4.78, 5) is 11.1. The van der Waals surface area contributed by atoms with E-state index in [0.29, 0.717) is 6.54 Å². The summed E-state index contributed by atoms with van der Waals surface area (Å²) in [6.45, 7) is 0.349. The maximum atomic E-state index is 11.1. The van der Waals surface area contributed by atoms with Gasteiger partial charge in [-0.2, -0.15) is 5.10 Å². The highest BCUT2D eigenvalue weighted by molar-refractivity contribution is 5.66. The molecule has 6 nitrogen and oxygen atoms in total. The number of alkyl carbamates (subject to hydrolysis) is 1. The Bertz CT molecular complexity index is 416. The normalized spacial score (nSPS) is 12.1. The lowest BCUT2D eigenvalue weighted by molar-refractivity contribution is 0.169. The summed E-state index contributed by atoms with van der Waals surface area (Å²) in [6, 6.07) is 5.27. The minimum atomic E-state index is -0.478. The van der Waals surface area contributed by atoms with Gasteiger partial charge in [-0.3, -0.25) is 4.68 Å². The molecule has 0 aliphatic carbocycles. The van der Waals surface area contributed by atoms with Crippen molar-refractivity contribution in [2.24, 2.45) is 0 Å². The molecule has 0 saturated carbocycles. The monoisotopic (exact) mass is 235 g/mol. The van der Waals surface area contributed by atoms with Gasteiger partial charge in [0.15, 0.2) is 0 Å². The fourth-order valence-corrected chi connectivity index (χ4v) is 1.52. The molecule has 1 atom stereocenters. The van der Waals surface area contributed by atoms with Gasteiger partial charge in [0.2, 0.25) is 0 Å². The summed E-state index contributed by atoms with van der Waals surface area (Å²) in [5.74, 6) is 0.727. The Balaban J connectivity index is 2.11. The average molecular weight is 235 g/mol.